The van der Waals surface area contributed by atoms with Gasteiger partial charge in [-0.05, 0) is 54.1 Å². The summed E-state index contributed by atoms with van der Waals surface area (Å²) in [7, 11) is -0.759. The van der Waals surface area contributed by atoms with E-state index in [2.05, 4.69) is 10.3 Å². The van der Waals surface area contributed by atoms with Crippen molar-refractivity contribution < 1.29 is 26.4 Å². The second kappa shape index (κ2) is 10.3. The van der Waals surface area contributed by atoms with Gasteiger partial charge in [-0.15, -0.1) is 11.3 Å². The number of sulfonamides is 1. The fraction of sp³-hybridized carbons (Fsp3) is 0.0968. The molecule has 11 heteroatoms. The predicted octanol–water partition coefficient (Wildman–Crippen LogP) is 7.08. The Hall–Kier alpha value is -4.61. The molecule has 0 fully saturated rings. The molecule has 0 aliphatic rings. The van der Waals surface area contributed by atoms with Crippen molar-refractivity contribution in [2.75, 3.05) is 24.7 Å². The van der Waals surface area contributed by atoms with Crippen LogP contribution in [-0.2, 0) is 10.0 Å². The van der Waals surface area contributed by atoms with Gasteiger partial charge >= 0.3 is 0 Å². The van der Waals surface area contributed by atoms with E-state index in [0.717, 1.165) is 20.8 Å². The molecule has 0 saturated carbocycles. The molecule has 6 aromatic rings. The molecule has 6 rings (SSSR count). The van der Waals surface area contributed by atoms with Gasteiger partial charge in [-0.25, -0.2) is 22.2 Å². The number of hydrogen-bond acceptors (Lipinski definition) is 6. The molecule has 0 aliphatic heterocycles. The van der Waals surface area contributed by atoms with Crippen molar-refractivity contribution in [1.29, 1.82) is 0 Å². The van der Waals surface area contributed by atoms with Crippen LogP contribution in [0.1, 0.15) is 10.4 Å². The molecule has 42 heavy (non-hydrogen) atoms. The molecule has 0 spiro atoms. The van der Waals surface area contributed by atoms with Crippen LogP contribution in [0.3, 0.4) is 0 Å². The van der Waals surface area contributed by atoms with E-state index in [0.29, 0.717) is 38.3 Å². The highest BCUT2D eigenvalue weighted by Gasteiger charge is 2.26. The zero-order chi connectivity index (χ0) is 29.8. The molecule has 1 amide bonds. The average Bonchev–Trinajstić information content (AvgIpc) is 3.56. The Bertz CT molecular complexity index is 2120. The van der Waals surface area contributed by atoms with Gasteiger partial charge in [0.15, 0.2) is 0 Å². The number of hydrogen-bond donors (Lipinski definition) is 1. The van der Waals surface area contributed by atoms with Crippen LogP contribution in [0, 0.1) is 11.6 Å². The zero-order valence-corrected chi connectivity index (χ0v) is 24.2. The summed E-state index contributed by atoms with van der Waals surface area (Å²) in [6.07, 6.45) is 1.10. The molecule has 4 aromatic carbocycles. The van der Waals surface area contributed by atoms with E-state index in [1.807, 2.05) is 24.3 Å². The lowest BCUT2D eigenvalue weighted by Crippen LogP contribution is -2.25. The first-order chi connectivity index (χ1) is 20.0. The van der Waals surface area contributed by atoms with Gasteiger partial charge in [-0.1, -0.05) is 18.2 Å². The van der Waals surface area contributed by atoms with Crippen molar-refractivity contribution in [1.82, 2.24) is 10.3 Å². The molecule has 1 N–H and O–H groups in total. The van der Waals surface area contributed by atoms with Crippen LogP contribution in [0.15, 0.2) is 83.3 Å². The lowest BCUT2D eigenvalue weighted by atomic mass is 9.97. The van der Waals surface area contributed by atoms with Gasteiger partial charge < -0.3 is 9.73 Å². The van der Waals surface area contributed by atoms with Gasteiger partial charge in [0, 0.05) is 48.3 Å². The quantitative estimate of drug-likeness (QED) is 0.220. The number of rotatable bonds is 6. The van der Waals surface area contributed by atoms with E-state index >= 15 is 0 Å². The minimum atomic E-state index is -3.70. The van der Waals surface area contributed by atoms with Gasteiger partial charge in [0.05, 0.1) is 27.7 Å². The normalized spacial score (nSPS) is 11.7. The third-order valence-corrected chi connectivity index (χ3v) is 9.25. The maximum atomic E-state index is 13.8. The molecule has 2 aromatic heterocycles. The highest BCUT2D eigenvalue weighted by molar-refractivity contribution is 7.92. The Morgan fingerprint density at radius 2 is 1.64 bits per heavy atom. The van der Waals surface area contributed by atoms with Crippen molar-refractivity contribution in [3.63, 3.8) is 0 Å². The van der Waals surface area contributed by atoms with Gasteiger partial charge in [0.1, 0.15) is 28.0 Å². The van der Waals surface area contributed by atoms with E-state index in [9.17, 15) is 22.0 Å². The summed E-state index contributed by atoms with van der Waals surface area (Å²) in [5, 5.41) is 3.76. The summed E-state index contributed by atoms with van der Waals surface area (Å²) in [6.45, 7) is 0. The zero-order valence-electron chi connectivity index (χ0n) is 22.6. The van der Waals surface area contributed by atoms with Crippen molar-refractivity contribution in [2.45, 2.75) is 0 Å². The average molecular weight is 604 g/mol. The molecule has 0 radical (unpaired) electrons. The topological polar surface area (TPSA) is 92.5 Å². The molecular weight excluding hydrogens is 580 g/mol. The Kier molecular flexibility index (Phi) is 6.78. The molecule has 0 saturated heterocycles. The van der Waals surface area contributed by atoms with E-state index in [4.69, 9.17) is 4.42 Å². The molecule has 7 nitrogen and oxygen atoms in total. The number of benzene rings is 4. The van der Waals surface area contributed by atoms with Crippen molar-refractivity contribution >= 4 is 54.1 Å². The van der Waals surface area contributed by atoms with Crippen molar-refractivity contribution in [3.05, 3.63) is 96.1 Å². The molecule has 0 bridgehead atoms. The van der Waals surface area contributed by atoms with Crippen LogP contribution < -0.4 is 9.62 Å². The summed E-state index contributed by atoms with van der Waals surface area (Å²) in [5.74, 6) is -1.00. The van der Waals surface area contributed by atoms with Crippen molar-refractivity contribution in [2.24, 2.45) is 0 Å². The number of halogens is 2. The summed E-state index contributed by atoms with van der Waals surface area (Å²) in [5.41, 5.74) is 3.83. The molecule has 0 atom stereocenters. The summed E-state index contributed by atoms with van der Waals surface area (Å²) < 4.78 is 61.0. The first-order valence-corrected chi connectivity index (χ1v) is 15.4. The number of nitrogens with one attached hydrogen (secondary N) is 1. The van der Waals surface area contributed by atoms with E-state index in [1.165, 1.54) is 61.8 Å². The summed E-state index contributed by atoms with van der Waals surface area (Å²) in [6, 6.07) is 20.7. The standard InChI is InChI=1S/C31H23F2N3O4S2/c1-34-30(37)28-23-15-22(18-5-4-6-19(13-18)31-35-24-14-21(33)11-12-27(24)41-31)25(36(2)42(3,38)39)16-26(23)40-29(28)17-7-9-20(32)10-8-17/h4-16H,1-3H3,(H,34,37). The molecular formula is C31H23F2N3O4S2. The highest BCUT2D eigenvalue weighted by Crippen LogP contribution is 2.42. The highest BCUT2D eigenvalue weighted by atomic mass is 32.2. The fourth-order valence-corrected chi connectivity index (χ4v) is 6.25. The van der Waals surface area contributed by atoms with E-state index in [1.54, 1.807) is 18.2 Å². The van der Waals surface area contributed by atoms with Crippen LogP contribution in [-0.4, -0.2) is 39.7 Å². The first-order valence-electron chi connectivity index (χ1n) is 12.7. The lowest BCUT2D eigenvalue weighted by molar-refractivity contribution is 0.0964. The maximum Gasteiger partial charge on any atom is 0.255 e. The number of furan rings is 1. The second-order valence-corrected chi connectivity index (χ2v) is 12.7. The van der Waals surface area contributed by atoms with Gasteiger partial charge in [-0.3, -0.25) is 9.10 Å². The van der Waals surface area contributed by atoms with Crippen LogP contribution in [0.5, 0.6) is 0 Å². The maximum absolute atomic E-state index is 13.8. The number of nitrogens with zero attached hydrogens (tertiary/aromatic N) is 2. The number of amides is 1. The largest absolute Gasteiger partial charge is 0.455 e. The number of carbonyl (C=O) groups excluding carboxylic acids is 1. The van der Waals surface area contributed by atoms with E-state index < -0.39 is 21.7 Å². The minimum Gasteiger partial charge on any atom is -0.455 e. The Morgan fingerprint density at radius 3 is 2.36 bits per heavy atom. The van der Waals surface area contributed by atoms with Crippen LogP contribution >= 0.6 is 11.3 Å². The Balaban J connectivity index is 1.60. The Labute approximate surface area is 244 Å². The number of anilines is 1. The molecule has 0 unspecified atom stereocenters. The monoisotopic (exact) mass is 603 g/mol. The molecule has 0 aliphatic carbocycles. The van der Waals surface area contributed by atoms with E-state index in [-0.39, 0.29) is 22.7 Å². The number of thiazole rings is 1. The number of carbonyl (C=O) groups is 1. The van der Waals surface area contributed by atoms with Gasteiger partial charge in [-0.2, -0.15) is 0 Å². The Morgan fingerprint density at radius 1 is 0.929 bits per heavy atom. The van der Waals surface area contributed by atoms with Crippen LogP contribution in [0.4, 0.5) is 14.5 Å². The van der Waals surface area contributed by atoms with Gasteiger partial charge in [0.2, 0.25) is 10.0 Å². The second-order valence-electron chi connectivity index (χ2n) is 9.70. The SMILES string of the molecule is CNC(=O)c1c(-c2ccc(F)cc2)oc2cc(N(C)S(C)(=O)=O)c(-c3cccc(-c4nc5cc(F)ccc5s4)c3)cc12. The predicted molar refractivity (Wildman–Crippen MR) is 162 cm³/mol. The summed E-state index contributed by atoms with van der Waals surface area (Å²) in [4.78, 5) is 17.7. The van der Waals surface area contributed by atoms with Gasteiger partial charge in [0.25, 0.3) is 5.91 Å². The van der Waals surface area contributed by atoms with Crippen LogP contribution in [0.25, 0.3) is 54.2 Å². The third kappa shape index (κ3) is 4.90. The number of fused-ring (bicyclic) bond motifs is 2. The minimum absolute atomic E-state index is 0.227. The molecule has 2 heterocycles. The molecule has 212 valence electrons. The number of aromatic nitrogens is 1. The smallest absolute Gasteiger partial charge is 0.255 e. The first kappa shape index (κ1) is 27.6. The van der Waals surface area contributed by atoms with Crippen LogP contribution in [0.2, 0.25) is 0 Å². The fourth-order valence-electron chi connectivity index (χ4n) is 4.80. The lowest BCUT2D eigenvalue weighted by Gasteiger charge is -2.21. The van der Waals surface area contributed by atoms with Crippen molar-refractivity contribution in [3.8, 4) is 33.0 Å². The third-order valence-electron chi connectivity index (χ3n) is 6.97. The summed E-state index contributed by atoms with van der Waals surface area (Å²) >= 11 is 1.41.